The minimum Gasteiger partial charge on any atom is -0.318 e. The number of hydrogen-bond acceptors (Lipinski definition) is 2. The highest BCUT2D eigenvalue weighted by molar-refractivity contribution is 5.91. The van der Waals surface area contributed by atoms with Crippen LogP contribution in [-0.2, 0) is 6.54 Å². The van der Waals surface area contributed by atoms with Crippen LogP contribution in [0.15, 0.2) is 42.7 Å². The van der Waals surface area contributed by atoms with Gasteiger partial charge in [-0.3, -0.25) is 9.88 Å². The molecule has 0 amide bonds. The fourth-order valence-corrected chi connectivity index (χ4v) is 4.58. The SMILES string of the molecule is CC(=Cn1c2c(c3cc(C)ccc31)C1CCN(C2)C1)c1ccncc1. The molecule has 2 aliphatic heterocycles. The maximum Gasteiger partial charge on any atom is 0.0529 e. The van der Waals surface area contributed by atoms with Crippen LogP contribution in [0.25, 0.3) is 22.7 Å². The molecule has 25 heavy (non-hydrogen) atoms. The number of aromatic nitrogens is 2. The summed E-state index contributed by atoms with van der Waals surface area (Å²) in [6.07, 6.45) is 7.35. The van der Waals surface area contributed by atoms with Gasteiger partial charge in [-0.2, -0.15) is 0 Å². The Kier molecular flexibility index (Phi) is 3.32. The lowest BCUT2D eigenvalue weighted by Crippen LogP contribution is -2.25. The maximum absolute atomic E-state index is 4.14. The smallest absolute Gasteiger partial charge is 0.0529 e. The molecule has 0 aliphatic carbocycles. The highest BCUT2D eigenvalue weighted by Gasteiger charge is 2.35. The fraction of sp³-hybridized carbons (Fsp3) is 0.318. The van der Waals surface area contributed by atoms with E-state index in [0.29, 0.717) is 5.92 Å². The van der Waals surface area contributed by atoms with Crippen LogP contribution in [0.5, 0.6) is 0 Å². The zero-order valence-electron chi connectivity index (χ0n) is 14.9. The van der Waals surface area contributed by atoms with Crippen LogP contribution in [0.1, 0.15) is 41.6 Å². The Morgan fingerprint density at radius 1 is 1.20 bits per heavy atom. The van der Waals surface area contributed by atoms with Gasteiger partial charge in [-0.25, -0.2) is 0 Å². The first-order chi connectivity index (χ1) is 12.2. The quantitative estimate of drug-likeness (QED) is 0.681. The van der Waals surface area contributed by atoms with Crippen LogP contribution in [0.4, 0.5) is 0 Å². The maximum atomic E-state index is 4.14. The van der Waals surface area contributed by atoms with Crippen molar-refractivity contribution >= 4 is 22.7 Å². The lowest BCUT2D eigenvalue weighted by Gasteiger charge is -2.24. The third-order valence-electron chi connectivity index (χ3n) is 5.82. The highest BCUT2D eigenvalue weighted by atomic mass is 15.2. The van der Waals surface area contributed by atoms with E-state index < -0.39 is 0 Å². The van der Waals surface area contributed by atoms with Crippen molar-refractivity contribution in [3.05, 3.63) is 65.1 Å². The molecule has 0 saturated carbocycles. The Morgan fingerprint density at radius 3 is 2.88 bits per heavy atom. The van der Waals surface area contributed by atoms with Crippen LogP contribution in [-0.4, -0.2) is 27.5 Å². The monoisotopic (exact) mass is 329 g/mol. The van der Waals surface area contributed by atoms with Gasteiger partial charge in [0.25, 0.3) is 0 Å². The lowest BCUT2D eigenvalue weighted by molar-refractivity contribution is 0.308. The van der Waals surface area contributed by atoms with Crippen molar-refractivity contribution < 1.29 is 0 Å². The number of nitrogens with zero attached hydrogens (tertiary/aromatic N) is 3. The predicted octanol–water partition coefficient (Wildman–Crippen LogP) is 4.67. The van der Waals surface area contributed by atoms with Gasteiger partial charge in [-0.1, -0.05) is 11.6 Å². The van der Waals surface area contributed by atoms with E-state index in [-0.39, 0.29) is 0 Å². The normalized spacial score (nSPS) is 22.4. The Balaban J connectivity index is 1.75. The minimum absolute atomic E-state index is 0.698. The number of allylic oxidation sites excluding steroid dienone is 1. The minimum atomic E-state index is 0.698. The largest absolute Gasteiger partial charge is 0.318 e. The van der Waals surface area contributed by atoms with Crippen LogP contribution in [0.3, 0.4) is 0 Å². The molecule has 0 spiro atoms. The summed E-state index contributed by atoms with van der Waals surface area (Å²) >= 11 is 0. The van der Waals surface area contributed by atoms with E-state index in [1.165, 1.54) is 52.8 Å². The standard InChI is InChI=1S/C22H23N3/c1-15-3-4-20-19(11-15)22-18-7-10-24(13-18)14-21(22)25(20)12-16(2)17-5-8-23-9-6-17/h3-6,8-9,11-12,18H,7,10,13-14H2,1-2H3. The molecule has 3 aromatic rings. The third-order valence-corrected chi connectivity index (χ3v) is 5.82. The van der Waals surface area contributed by atoms with Crippen LogP contribution in [0, 0.1) is 6.92 Å². The lowest BCUT2D eigenvalue weighted by atomic mass is 9.93. The van der Waals surface area contributed by atoms with E-state index in [4.69, 9.17) is 0 Å². The molecular weight excluding hydrogens is 306 g/mol. The molecule has 5 rings (SSSR count). The van der Waals surface area contributed by atoms with Gasteiger partial charge in [-0.15, -0.1) is 0 Å². The molecule has 1 saturated heterocycles. The second-order valence-electron chi connectivity index (χ2n) is 7.52. The van der Waals surface area contributed by atoms with E-state index in [1.54, 1.807) is 5.56 Å². The predicted molar refractivity (Wildman–Crippen MR) is 103 cm³/mol. The number of fused-ring (bicyclic) bond motifs is 6. The molecule has 2 aliphatic rings. The van der Waals surface area contributed by atoms with Gasteiger partial charge in [0.1, 0.15) is 0 Å². The Morgan fingerprint density at radius 2 is 2.04 bits per heavy atom. The fourth-order valence-electron chi connectivity index (χ4n) is 4.58. The van der Waals surface area contributed by atoms with E-state index in [9.17, 15) is 0 Å². The molecule has 3 heteroatoms. The summed E-state index contributed by atoms with van der Waals surface area (Å²) in [6, 6.07) is 11.1. The molecule has 4 heterocycles. The summed E-state index contributed by atoms with van der Waals surface area (Å²) in [7, 11) is 0. The Bertz CT molecular complexity index is 981. The number of benzene rings is 1. The Hall–Kier alpha value is -2.39. The molecular formula is C22H23N3. The van der Waals surface area contributed by atoms with Crippen molar-refractivity contribution in [2.24, 2.45) is 0 Å². The van der Waals surface area contributed by atoms with E-state index in [1.807, 2.05) is 12.4 Å². The summed E-state index contributed by atoms with van der Waals surface area (Å²) in [6.45, 7) is 7.93. The van der Waals surface area contributed by atoms with Gasteiger partial charge in [-0.05, 0) is 67.8 Å². The molecule has 2 bridgehead atoms. The van der Waals surface area contributed by atoms with Gasteiger partial charge in [0.05, 0.1) is 5.52 Å². The summed E-state index contributed by atoms with van der Waals surface area (Å²) in [4.78, 5) is 6.74. The highest BCUT2D eigenvalue weighted by Crippen LogP contribution is 2.42. The molecule has 2 unspecified atom stereocenters. The van der Waals surface area contributed by atoms with Crippen molar-refractivity contribution in [3.63, 3.8) is 0 Å². The first-order valence-corrected chi connectivity index (χ1v) is 9.15. The van der Waals surface area contributed by atoms with Gasteiger partial charge in [0, 0.05) is 48.7 Å². The number of rotatable bonds is 2. The topological polar surface area (TPSA) is 21.1 Å². The summed E-state index contributed by atoms with van der Waals surface area (Å²) < 4.78 is 2.45. The summed E-state index contributed by atoms with van der Waals surface area (Å²) in [5.41, 5.74) is 8.29. The van der Waals surface area contributed by atoms with Crippen molar-refractivity contribution in [2.45, 2.75) is 32.7 Å². The molecule has 126 valence electrons. The zero-order valence-corrected chi connectivity index (χ0v) is 14.9. The van der Waals surface area contributed by atoms with Crippen molar-refractivity contribution in [3.8, 4) is 0 Å². The first-order valence-electron chi connectivity index (χ1n) is 9.15. The number of aryl methyl sites for hydroxylation is 1. The average molecular weight is 329 g/mol. The molecule has 3 nitrogen and oxygen atoms in total. The summed E-state index contributed by atoms with van der Waals surface area (Å²) in [5.74, 6) is 0.698. The third kappa shape index (κ3) is 2.34. The van der Waals surface area contributed by atoms with E-state index in [0.717, 1.165) is 6.54 Å². The van der Waals surface area contributed by atoms with E-state index >= 15 is 0 Å². The van der Waals surface area contributed by atoms with E-state index in [2.05, 4.69) is 64.8 Å². The number of hydrogen-bond donors (Lipinski definition) is 0. The second kappa shape index (κ2) is 5.57. The number of pyridine rings is 1. The van der Waals surface area contributed by atoms with Crippen LogP contribution < -0.4 is 0 Å². The molecule has 0 radical (unpaired) electrons. The first kappa shape index (κ1) is 14.9. The molecule has 0 N–H and O–H groups in total. The van der Waals surface area contributed by atoms with Gasteiger partial charge < -0.3 is 4.57 Å². The van der Waals surface area contributed by atoms with Crippen molar-refractivity contribution in [1.29, 1.82) is 0 Å². The van der Waals surface area contributed by atoms with Crippen molar-refractivity contribution in [2.75, 3.05) is 13.1 Å². The summed E-state index contributed by atoms with van der Waals surface area (Å²) in [5, 5.41) is 1.46. The molecule has 1 aromatic carbocycles. The van der Waals surface area contributed by atoms with Gasteiger partial charge in [0.15, 0.2) is 0 Å². The van der Waals surface area contributed by atoms with Crippen LogP contribution >= 0.6 is 0 Å². The van der Waals surface area contributed by atoms with Crippen LogP contribution in [0.2, 0.25) is 0 Å². The van der Waals surface area contributed by atoms with Gasteiger partial charge >= 0.3 is 0 Å². The van der Waals surface area contributed by atoms with Gasteiger partial charge in [0.2, 0.25) is 0 Å². The zero-order chi connectivity index (χ0) is 17.0. The second-order valence-corrected chi connectivity index (χ2v) is 7.52. The Labute approximate surface area is 148 Å². The molecule has 2 atom stereocenters. The van der Waals surface area contributed by atoms with Crippen molar-refractivity contribution in [1.82, 2.24) is 14.5 Å². The molecule has 1 fully saturated rings. The average Bonchev–Trinajstić information content (AvgIpc) is 3.15. The molecule has 2 aromatic heterocycles.